The van der Waals surface area contributed by atoms with Crippen LogP contribution in [0.25, 0.3) is 0 Å². The molecule has 5 heteroatoms. The van der Waals surface area contributed by atoms with E-state index in [1.807, 2.05) is 13.8 Å². The third-order valence-corrected chi connectivity index (χ3v) is 3.37. The highest BCUT2D eigenvalue weighted by Gasteiger charge is 2.21. The highest BCUT2D eigenvalue weighted by Crippen LogP contribution is 2.28. The first kappa shape index (κ1) is 17.7. The number of amides is 1. The van der Waals surface area contributed by atoms with E-state index in [4.69, 9.17) is 10.5 Å². The number of carbonyl (C=O) groups excluding carboxylic acids is 1. The maximum absolute atomic E-state index is 11.6. The van der Waals surface area contributed by atoms with E-state index in [-0.39, 0.29) is 30.3 Å². The van der Waals surface area contributed by atoms with Crippen molar-refractivity contribution in [2.24, 2.45) is 17.6 Å². The molecule has 0 aromatic rings. The van der Waals surface area contributed by atoms with Gasteiger partial charge in [0.05, 0.1) is 6.04 Å². The van der Waals surface area contributed by atoms with Crippen LogP contribution in [0, 0.1) is 11.8 Å². The maximum Gasteiger partial charge on any atom is 0.237 e. The van der Waals surface area contributed by atoms with Crippen LogP contribution in [0.3, 0.4) is 0 Å². The van der Waals surface area contributed by atoms with Gasteiger partial charge in [0.15, 0.2) is 0 Å². The van der Waals surface area contributed by atoms with Crippen LogP contribution in [-0.2, 0) is 9.53 Å². The molecule has 18 heavy (non-hydrogen) atoms. The van der Waals surface area contributed by atoms with Gasteiger partial charge in [0.25, 0.3) is 0 Å². The lowest BCUT2D eigenvalue weighted by Gasteiger charge is -2.17. The minimum atomic E-state index is -0.382. The Morgan fingerprint density at radius 2 is 2.17 bits per heavy atom. The summed E-state index contributed by atoms with van der Waals surface area (Å²) >= 11 is 0. The van der Waals surface area contributed by atoms with Crippen molar-refractivity contribution in [2.75, 3.05) is 19.8 Å². The summed E-state index contributed by atoms with van der Waals surface area (Å²) < 4.78 is 5.49. The van der Waals surface area contributed by atoms with Crippen LogP contribution >= 0.6 is 12.4 Å². The first-order valence-electron chi connectivity index (χ1n) is 6.76. The molecule has 0 bridgehead atoms. The van der Waals surface area contributed by atoms with Crippen molar-refractivity contribution >= 4 is 18.3 Å². The smallest absolute Gasteiger partial charge is 0.237 e. The molecule has 2 atom stereocenters. The molecule has 1 fully saturated rings. The molecular weight excluding hydrogens is 252 g/mol. The van der Waals surface area contributed by atoms with Gasteiger partial charge in [-0.15, -0.1) is 12.4 Å². The van der Waals surface area contributed by atoms with E-state index in [0.29, 0.717) is 6.54 Å². The lowest BCUT2D eigenvalue weighted by atomic mass is 9.99. The van der Waals surface area contributed by atoms with Crippen LogP contribution in [0.5, 0.6) is 0 Å². The first-order valence-corrected chi connectivity index (χ1v) is 6.76. The number of rotatable bonds is 9. The van der Waals surface area contributed by atoms with Crippen LogP contribution in [0.4, 0.5) is 0 Å². The molecule has 0 heterocycles. The Bertz CT molecular complexity index is 235. The number of nitrogens with two attached hydrogens (primary N) is 1. The maximum atomic E-state index is 11.6. The van der Waals surface area contributed by atoms with Crippen molar-refractivity contribution in [3.05, 3.63) is 0 Å². The summed E-state index contributed by atoms with van der Waals surface area (Å²) in [5, 5.41) is 2.86. The zero-order chi connectivity index (χ0) is 12.7. The Hall–Kier alpha value is -0.320. The Morgan fingerprint density at radius 1 is 1.50 bits per heavy atom. The highest BCUT2D eigenvalue weighted by molar-refractivity contribution is 5.85. The number of nitrogens with one attached hydrogen (secondary N) is 1. The molecule has 0 radical (unpaired) electrons. The Morgan fingerprint density at radius 3 is 2.72 bits per heavy atom. The molecule has 4 nitrogen and oxygen atoms in total. The monoisotopic (exact) mass is 278 g/mol. The van der Waals surface area contributed by atoms with Gasteiger partial charge in [-0.1, -0.05) is 20.3 Å². The quantitative estimate of drug-likeness (QED) is 0.631. The van der Waals surface area contributed by atoms with Crippen molar-refractivity contribution in [1.29, 1.82) is 0 Å². The second-order valence-corrected chi connectivity index (χ2v) is 5.07. The molecule has 108 valence electrons. The SMILES string of the molecule is CCC(C)C(N)C(=O)NCCCOCC1CC1.Cl. The van der Waals surface area contributed by atoms with E-state index in [1.165, 1.54) is 12.8 Å². The Labute approximate surface area is 116 Å². The number of ether oxygens (including phenoxy) is 1. The van der Waals surface area contributed by atoms with Gasteiger partial charge in [-0.3, -0.25) is 4.79 Å². The average Bonchev–Trinajstić information content (AvgIpc) is 3.15. The number of hydrogen-bond donors (Lipinski definition) is 2. The molecule has 0 aromatic heterocycles. The largest absolute Gasteiger partial charge is 0.381 e. The van der Waals surface area contributed by atoms with E-state index in [9.17, 15) is 4.79 Å². The second kappa shape index (κ2) is 9.59. The van der Waals surface area contributed by atoms with E-state index in [0.717, 1.165) is 32.0 Å². The molecular formula is C13H27ClN2O2. The third kappa shape index (κ3) is 7.19. The fourth-order valence-electron chi connectivity index (χ4n) is 1.55. The molecule has 1 aliphatic rings. The van der Waals surface area contributed by atoms with Crippen LogP contribution in [-0.4, -0.2) is 31.7 Å². The molecule has 3 N–H and O–H groups in total. The fourth-order valence-corrected chi connectivity index (χ4v) is 1.55. The van der Waals surface area contributed by atoms with Gasteiger partial charge in [-0.25, -0.2) is 0 Å². The molecule has 1 aliphatic carbocycles. The van der Waals surface area contributed by atoms with Crippen molar-refractivity contribution < 1.29 is 9.53 Å². The van der Waals surface area contributed by atoms with Gasteiger partial charge in [-0.05, 0) is 31.1 Å². The van der Waals surface area contributed by atoms with E-state index in [1.54, 1.807) is 0 Å². The summed E-state index contributed by atoms with van der Waals surface area (Å²) in [6.07, 6.45) is 4.44. The number of halogens is 1. The molecule has 0 saturated heterocycles. The zero-order valence-electron chi connectivity index (χ0n) is 11.5. The molecule has 1 saturated carbocycles. The molecule has 0 aromatic carbocycles. The van der Waals surface area contributed by atoms with Crippen LogP contribution < -0.4 is 11.1 Å². The van der Waals surface area contributed by atoms with E-state index >= 15 is 0 Å². The summed E-state index contributed by atoms with van der Waals surface area (Å²) in [4.78, 5) is 11.6. The van der Waals surface area contributed by atoms with Crippen molar-refractivity contribution in [2.45, 2.75) is 45.6 Å². The minimum absolute atomic E-state index is 0. The van der Waals surface area contributed by atoms with Gasteiger partial charge in [0.2, 0.25) is 5.91 Å². The lowest BCUT2D eigenvalue weighted by Crippen LogP contribution is -2.45. The van der Waals surface area contributed by atoms with E-state index in [2.05, 4.69) is 5.32 Å². The summed E-state index contributed by atoms with van der Waals surface area (Å²) in [5.74, 6) is 1.01. The Balaban J connectivity index is 0.00000289. The standard InChI is InChI=1S/C13H26N2O2.ClH/c1-3-10(2)12(14)13(16)15-7-4-8-17-9-11-5-6-11;/h10-12H,3-9,14H2,1-2H3,(H,15,16);1H. The topological polar surface area (TPSA) is 64.4 Å². The summed E-state index contributed by atoms with van der Waals surface area (Å²) in [7, 11) is 0. The van der Waals surface area contributed by atoms with E-state index < -0.39 is 0 Å². The van der Waals surface area contributed by atoms with Crippen LogP contribution in [0.1, 0.15) is 39.5 Å². The third-order valence-electron chi connectivity index (χ3n) is 3.37. The number of carbonyl (C=O) groups is 1. The number of hydrogen-bond acceptors (Lipinski definition) is 3. The van der Waals surface area contributed by atoms with Crippen LogP contribution in [0.2, 0.25) is 0 Å². The second-order valence-electron chi connectivity index (χ2n) is 5.07. The van der Waals surface area contributed by atoms with Gasteiger partial charge in [0.1, 0.15) is 0 Å². The normalized spacial score (nSPS) is 17.7. The average molecular weight is 279 g/mol. The predicted octanol–water partition coefficient (Wildman–Crippen LogP) is 1.71. The van der Waals surface area contributed by atoms with Crippen molar-refractivity contribution in [3.63, 3.8) is 0 Å². The Kier molecular flexibility index (Phi) is 9.42. The highest BCUT2D eigenvalue weighted by atomic mass is 35.5. The zero-order valence-corrected chi connectivity index (χ0v) is 12.3. The van der Waals surface area contributed by atoms with Crippen LogP contribution in [0.15, 0.2) is 0 Å². The molecule has 2 unspecified atom stereocenters. The summed E-state index contributed by atoms with van der Waals surface area (Å²) in [5.41, 5.74) is 5.82. The predicted molar refractivity (Wildman–Crippen MR) is 75.8 cm³/mol. The molecule has 0 spiro atoms. The van der Waals surface area contributed by atoms with Crippen molar-refractivity contribution in [1.82, 2.24) is 5.32 Å². The van der Waals surface area contributed by atoms with Gasteiger partial charge in [-0.2, -0.15) is 0 Å². The van der Waals surface area contributed by atoms with Gasteiger partial charge >= 0.3 is 0 Å². The molecule has 1 amide bonds. The lowest BCUT2D eigenvalue weighted by molar-refractivity contribution is -0.123. The molecule has 1 rings (SSSR count). The van der Waals surface area contributed by atoms with Gasteiger partial charge < -0.3 is 15.8 Å². The van der Waals surface area contributed by atoms with Crippen molar-refractivity contribution in [3.8, 4) is 0 Å². The summed E-state index contributed by atoms with van der Waals surface area (Å²) in [6.45, 7) is 6.33. The first-order chi connectivity index (χ1) is 8.15. The minimum Gasteiger partial charge on any atom is -0.381 e. The summed E-state index contributed by atoms with van der Waals surface area (Å²) in [6, 6.07) is -0.382. The molecule has 0 aliphatic heterocycles. The van der Waals surface area contributed by atoms with Gasteiger partial charge in [0, 0.05) is 19.8 Å². The fraction of sp³-hybridized carbons (Fsp3) is 0.923.